The van der Waals surface area contributed by atoms with Gasteiger partial charge in [0, 0.05) is 30.6 Å². The summed E-state index contributed by atoms with van der Waals surface area (Å²) in [5, 5.41) is 6.69. The molecule has 0 aliphatic carbocycles. The Bertz CT molecular complexity index is 743. The number of aromatic nitrogens is 4. The molecule has 130 valence electrons. The zero-order valence-electron chi connectivity index (χ0n) is 14.2. The first kappa shape index (κ1) is 17.8. The SMILES string of the molecule is COCCNC(=O)[C@H](C)OC(=O)Cc1c(C)nc2ncnn2c1C. The van der Waals surface area contributed by atoms with Crippen molar-refractivity contribution in [2.45, 2.75) is 33.3 Å². The van der Waals surface area contributed by atoms with Gasteiger partial charge in [-0.2, -0.15) is 10.1 Å². The number of amides is 1. The molecule has 1 atom stereocenters. The molecule has 0 saturated carbocycles. The van der Waals surface area contributed by atoms with Gasteiger partial charge in [0.05, 0.1) is 13.0 Å². The van der Waals surface area contributed by atoms with Gasteiger partial charge in [0.2, 0.25) is 0 Å². The molecule has 0 saturated heterocycles. The third kappa shape index (κ3) is 4.05. The molecular weight excluding hydrogens is 314 g/mol. The third-order valence-corrected chi connectivity index (χ3v) is 3.59. The Labute approximate surface area is 139 Å². The van der Waals surface area contributed by atoms with Gasteiger partial charge in [0.1, 0.15) is 6.33 Å². The van der Waals surface area contributed by atoms with Crippen LogP contribution >= 0.6 is 0 Å². The molecule has 2 aromatic rings. The Morgan fingerprint density at radius 3 is 2.83 bits per heavy atom. The molecule has 1 N–H and O–H groups in total. The number of esters is 1. The van der Waals surface area contributed by atoms with Crippen molar-refractivity contribution in [3.63, 3.8) is 0 Å². The quantitative estimate of drug-likeness (QED) is 0.559. The second-order valence-corrected chi connectivity index (χ2v) is 5.33. The summed E-state index contributed by atoms with van der Waals surface area (Å²) in [6.45, 7) is 5.92. The lowest BCUT2D eigenvalue weighted by Crippen LogP contribution is -2.37. The number of fused-ring (bicyclic) bond motifs is 1. The van der Waals surface area contributed by atoms with Crippen LogP contribution in [0.1, 0.15) is 23.9 Å². The number of carbonyl (C=O) groups excluding carboxylic acids is 2. The van der Waals surface area contributed by atoms with E-state index in [1.54, 1.807) is 18.5 Å². The van der Waals surface area contributed by atoms with Crippen molar-refractivity contribution >= 4 is 17.7 Å². The predicted molar refractivity (Wildman–Crippen MR) is 84.4 cm³/mol. The van der Waals surface area contributed by atoms with E-state index in [2.05, 4.69) is 20.4 Å². The van der Waals surface area contributed by atoms with Crippen LogP contribution in [0.2, 0.25) is 0 Å². The molecule has 0 aliphatic rings. The number of nitrogens with one attached hydrogen (secondary N) is 1. The standard InChI is InChI=1S/C15H21N5O4/c1-9-12(10(2)20-15(19-9)17-8-18-20)7-13(21)24-11(3)14(22)16-5-6-23-4/h8,11H,5-7H2,1-4H3,(H,16,22)/t11-/m0/s1. The van der Waals surface area contributed by atoms with E-state index in [0.717, 1.165) is 5.69 Å². The molecule has 1 amide bonds. The number of aryl methyl sites for hydroxylation is 2. The van der Waals surface area contributed by atoms with Crippen LogP contribution in [0.4, 0.5) is 0 Å². The number of hydrogen-bond donors (Lipinski definition) is 1. The summed E-state index contributed by atoms with van der Waals surface area (Å²) < 4.78 is 11.6. The molecule has 0 aromatic carbocycles. The summed E-state index contributed by atoms with van der Waals surface area (Å²) in [7, 11) is 1.54. The van der Waals surface area contributed by atoms with Crippen molar-refractivity contribution in [2.24, 2.45) is 0 Å². The minimum Gasteiger partial charge on any atom is -0.452 e. The number of hydrogen-bond acceptors (Lipinski definition) is 7. The molecule has 2 aromatic heterocycles. The molecule has 0 aliphatic heterocycles. The third-order valence-electron chi connectivity index (χ3n) is 3.59. The largest absolute Gasteiger partial charge is 0.452 e. The Kier molecular flexibility index (Phi) is 5.80. The zero-order valence-corrected chi connectivity index (χ0v) is 14.2. The van der Waals surface area contributed by atoms with Gasteiger partial charge in [0.15, 0.2) is 6.10 Å². The van der Waals surface area contributed by atoms with Gasteiger partial charge < -0.3 is 14.8 Å². The van der Waals surface area contributed by atoms with E-state index < -0.39 is 12.1 Å². The van der Waals surface area contributed by atoms with E-state index in [1.807, 2.05) is 6.92 Å². The molecule has 0 fully saturated rings. The summed E-state index contributed by atoms with van der Waals surface area (Å²) in [6.07, 6.45) is 0.539. The van der Waals surface area contributed by atoms with E-state index in [9.17, 15) is 9.59 Å². The summed E-state index contributed by atoms with van der Waals surface area (Å²) in [5.74, 6) is -0.386. The highest BCUT2D eigenvalue weighted by Gasteiger charge is 2.20. The summed E-state index contributed by atoms with van der Waals surface area (Å²) in [4.78, 5) is 32.3. The van der Waals surface area contributed by atoms with Gasteiger partial charge in [-0.25, -0.2) is 9.50 Å². The Morgan fingerprint density at radius 2 is 2.12 bits per heavy atom. The molecule has 0 spiro atoms. The smallest absolute Gasteiger partial charge is 0.311 e. The second-order valence-electron chi connectivity index (χ2n) is 5.33. The van der Waals surface area contributed by atoms with Crippen LogP contribution < -0.4 is 5.32 Å². The summed E-state index contributed by atoms with van der Waals surface area (Å²) in [6, 6.07) is 0. The van der Waals surface area contributed by atoms with Gasteiger partial charge >= 0.3 is 5.97 Å². The number of nitrogens with zero attached hydrogens (tertiary/aromatic N) is 4. The van der Waals surface area contributed by atoms with Gasteiger partial charge in [-0.15, -0.1) is 0 Å². The normalized spacial score (nSPS) is 12.2. The van der Waals surface area contributed by atoms with E-state index in [-0.39, 0.29) is 12.3 Å². The topological polar surface area (TPSA) is 108 Å². The Hall–Kier alpha value is -2.55. The van der Waals surface area contributed by atoms with Crippen molar-refractivity contribution in [2.75, 3.05) is 20.3 Å². The van der Waals surface area contributed by atoms with E-state index in [1.165, 1.54) is 13.3 Å². The highest BCUT2D eigenvalue weighted by atomic mass is 16.5. The van der Waals surface area contributed by atoms with Crippen molar-refractivity contribution in [3.8, 4) is 0 Å². The van der Waals surface area contributed by atoms with Crippen LogP contribution in [-0.2, 0) is 25.5 Å². The maximum absolute atomic E-state index is 12.1. The van der Waals surface area contributed by atoms with Crippen molar-refractivity contribution in [1.82, 2.24) is 24.9 Å². The fourth-order valence-electron chi connectivity index (χ4n) is 2.27. The lowest BCUT2D eigenvalue weighted by molar-refractivity contribution is -0.154. The van der Waals surface area contributed by atoms with Crippen LogP contribution in [0.5, 0.6) is 0 Å². The highest BCUT2D eigenvalue weighted by molar-refractivity contribution is 5.84. The van der Waals surface area contributed by atoms with Crippen molar-refractivity contribution in [3.05, 3.63) is 23.3 Å². The van der Waals surface area contributed by atoms with E-state index >= 15 is 0 Å². The number of methoxy groups -OCH3 is 1. The number of rotatable bonds is 7. The van der Waals surface area contributed by atoms with Crippen LogP contribution in [0.3, 0.4) is 0 Å². The summed E-state index contributed by atoms with van der Waals surface area (Å²) >= 11 is 0. The minimum atomic E-state index is -0.877. The second kappa shape index (κ2) is 7.82. The van der Waals surface area contributed by atoms with Crippen LogP contribution in [0.25, 0.3) is 5.78 Å². The molecular formula is C15H21N5O4. The molecule has 0 unspecified atom stereocenters. The fourth-order valence-corrected chi connectivity index (χ4v) is 2.27. The lowest BCUT2D eigenvalue weighted by Gasteiger charge is -2.14. The first-order chi connectivity index (χ1) is 11.4. The Balaban J connectivity index is 2.01. The maximum Gasteiger partial charge on any atom is 0.311 e. The van der Waals surface area contributed by atoms with Gasteiger partial charge in [-0.1, -0.05) is 0 Å². The van der Waals surface area contributed by atoms with E-state index in [4.69, 9.17) is 9.47 Å². The molecule has 9 heteroatoms. The minimum absolute atomic E-state index is 0.0101. The zero-order chi connectivity index (χ0) is 17.7. The first-order valence-corrected chi connectivity index (χ1v) is 7.56. The predicted octanol–water partition coefficient (Wildman–Crippen LogP) is -0.0221. The molecule has 0 bridgehead atoms. The van der Waals surface area contributed by atoms with Gasteiger partial charge in [-0.05, 0) is 20.8 Å². The van der Waals surface area contributed by atoms with Crippen LogP contribution in [0, 0.1) is 13.8 Å². The molecule has 9 nitrogen and oxygen atoms in total. The molecule has 24 heavy (non-hydrogen) atoms. The summed E-state index contributed by atoms with van der Waals surface area (Å²) in [5.41, 5.74) is 2.16. The average Bonchev–Trinajstić information content (AvgIpc) is 2.99. The van der Waals surface area contributed by atoms with Crippen LogP contribution in [-0.4, -0.2) is 57.8 Å². The number of ether oxygens (including phenoxy) is 2. The lowest BCUT2D eigenvalue weighted by atomic mass is 10.1. The molecule has 2 rings (SSSR count). The fraction of sp³-hybridized carbons (Fsp3) is 0.533. The first-order valence-electron chi connectivity index (χ1n) is 7.56. The van der Waals surface area contributed by atoms with Gasteiger partial charge in [-0.3, -0.25) is 9.59 Å². The van der Waals surface area contributed by atoms with Crippen molar-refractivity contribution < 1.29 is 19.1 Å². The average molecular weight is 335 g/mol. The van der Waals surface area contributed by atoms with Gasteiger partial charge in [0.25, 0.3) is 11.7 Å². The molecule has 0 radical (unpaired) electrons. The van der Waals surface area contributed by atoms with Crippen molar-refractivity contribution in [1.29, 1.82) is 0 Å². The number of carbonyl (C=O) groups is 2. The molecule has 2 heterocycles. The maximum atomic E-state index is 12.1. The Morgan fingerprint density at radius 1 is 1.38 bits per heavy atom. The van der Waals surface area contributed by atoms with E-state index in [0.29, 0.717) is 30.2 Å². The highest BCUT2D eigenvalue weighted by Crippen LogP contribution is 2.14. The van der Waals surface area contributed by atoms with Crippen LogP contribution in [0.15, 0.2) is 6.33 Å². The monoisotopic (exact) mass is 335 g/mol.